The SMILES string of the molecule is O=C(Nc1cccc(C(=O)Nc2cccc(-c3ccn[nH]3)c2)c1)c1ccc(F)cc1. The van der Waals surface area contributed by atoms with Gasteiger partial charge in [-0.15, -0.1) is 0 Å². The van der Waals surface area contributed by atoms with E-state index in [0.29, 0.717) is 22.5 Å². The molecule has 0 radical (unpaired) electrons. The minimum absolute atomic E-state index is 0.311. The third-order valence-electron chi connectivity index (χ3n) is 4.42. The van der Waals surface area contributed by atoms with Crippen molar-refractivity contribution in [3.63, 3.8) is 0 Å². The molecule has 1 heterocycles. The van der Waals surface area contributed by atoms with E-state index < -0.39 is 5.82 Å². The van der Waals surface area contributed by atoms with Crippen molar-refractivity contribution in [3.05, 3.63) is 102 Å². The van der Waals surface area contributed by atoms with Gasteiger partial charge in [-0.3, -0.25) is 14.7 Å². The molecule has 0 fully saturated rings. The Morgan fingerprint density at radius 2 is 1.43 bits per heavy atom. The Hall–Kier alpha value is -4.26. The van der Waals surface area contributed by atoms with Gasteiger partial charge in [0, 0.05) is 34.3 Å². The van der Waals surface area contributed by atoms with Gasteiger partial charge >= 0.3 is 0 Å². The zero-order valence-corrected chi connectivity index (χ0v) is 15.7. The third-order valence-corrected chi connectivity index (χ3v) is 4.42. The number of amides is 2. The number of nitrogens with one attached hydrogen (secondary N) is 3. The number of anilines is 2. The number of aromatic nitrogens is 2. The van der Waals surface area contributed by atoms with Gasteiger partial charge in [0.15, 0.2) is 0 Å². The molecule has 0 saturated carbocycles. The van der Waals surface area contributed by atoms with E-state index in [-0.39, 0.29) is 11.8 Å². The Morgan fingerprint density at radius 1 is 0.767 bits per heavy atom. The number of nitrogens with zero attached hydrogens (tertiary/aromatic N) is 1. The first-order valence-corrected chi connectivity index (χ1v) is 9.17. The molecule has 6 nitrogen and oxygen atoms in total. The Bertz CT molecular complexity index is 1190. The first kappa shape index (κ1) is 19.1. The van der Waals surface area contributed by atoms with Crippen molar-refractivity contribution >= 4 is 23.2 Å². The van der Waals surface area contributed by atoms with E-state index in [1.807, 2.05) is 24.3 Å². The van der Waals surface area contributed by atoms with Crippen LogP contribution in [0.5, 0.6) is 0 Å². The summed E-state index contributed by atoms with van der Waals surface area (Å²) in [6, 6.07) is 21.0. The third kappa shape index (κ3) is 4.41. The lowest BCUT2D eigenvalue weighted by Crippen LogP contribution is -2.14. The molecule has 2 amide bonds. The van der Waals surface area contributed by atoms with E-state index in [9.17, 15) is 14.0 Å². The summed E-state index contributed by atoms with van der Waals surface area (Å²) in [4.78, 5) is 25.0. The van der Waals surface area contributed by atoms with Crippen LogP contribution in [0.25, 0.3) is 11.3 Å². The van der Waals surface area contributed by atoms with Gasteiger partial charge in [-0.1, -0.05) is 18.2 Å². The normalized spacial score (nSPS) is 10.4. The molecule has 1 aromatic heterocycles. The quantitative estimate of drug-likeness (QED) is 0.453. The largest absolute Gasteiger partial charge is 0.322 e. The summed E-state index contributed by atoms with van der Waals surface area (Å²) < 4.78 is 13.0. The van der Waals surface area contributed by atoms with E-state index in [1.54, 1.807) is 36.5 Å². The van der Waals surface area contributed by atoms with Gasteiger partial charge < -0.3 is 10.6 Å². The van der Waals surface area contributed by atoms with Gasteiger partial charge in [-0.05, 0) is 60.7 Å². The predicted octanol–water partition coefficient (Wildman–Crippen LogP) is 4.72. The van der Waals surface area contributed by atoms with Crippen LogP contribution in [0, 0.1) is 5.82 Å². The van der Waals surface area contributed by atoms with Crippen LogP contribution >= 0.6 is 0 Å². The number of H-pyrrole nitrogens is 1. The van der Waals surface area contributed by atoms with Crippen LogP contribution in [0.1, 0.15) is 20.7 Å². The van der Waals surface area contributed by atoms with Crippen molar-refractivity contribution in [3.8, 4) is 11.3 Å². The first-order valence-electron chi connectivity index (χ1n) is 9.17. The number of carbonyl (C=O) groups excluding carboxylic acids is 2. The molecule has 0 spiro atoms. The molecule has 0 saturated heterocycles. The van der Waals surface area contributed by atoms with Crippen LogP contribution in [-0.2, 0) is 0 Å². The second-order valence-corrected chi connectivity index (χ2v) is 6.55. The van der Waals surface area contributed by atoms with Crippen molar-refractivity contribution in [2.24, 2.45) is 0 Å². The molecule has 4 aromatic rings. The molecule has 0 atom stereocenters. The Kier molecular flexibility index (Phi) is 5.34. The molecular formula is C23H17FN4O2. The maximum Gasteiger partial charge on any atom is 0.255 e. The van der Waals surface area contributed by atoms with Crippen molar-refractivity contribution in [1.82, 2.24) is 10.2 Å². The zero-order valence-electron chi connectivity index (χ0n) is 15.7. The van der Waals surface area contributed by atoms with Gasteiger partial charge in [0.25, 0.3) is 11.8 Å². The molecule has 148 valence electrons. The van der Waals surface area contributed by atoms with Crippen LogP contribution in [0.3, 0.4) is 0 Å². The number of carbonyl (C=O) groups is 2. The maximum absolute atomic E-state index is 13.0. The lowest BCUT2D eigenvalue weighted by molar-refractivity contribution is 0.101. The highest BCUT2D eigenvalue weighted by Gasteiger charge is 2.10. The van der Waals surface area contributed by atoms with Crippen molar-refractivity contribution in [2.45, 2.75) is 0 Å². The Labute approximate surface area is 171 Å². The molecule has 7 heteroatoms. The van der Waals surface area contributed by atoms with Crippen molar-refractivity contribution < 1.29 is 14.0 Å². The van der Waals surface area contributed by atoms with Gasteiger partial charge in [0.05, 0.1) is 5.69 Å². The van der Waals surface area contributed by atoms with E-state index in [4.69, 9.17) is 0 Å². The highest BCUT2D eigenvalue weighted by atomic mass is 19.1. The number of benzene rings is 3. The topological polar surface area (TPSA) is 86.9 Å². The highest BCUT2D eigenvalue weighted by Crippen LogP contribution is 2.21. The first-order chi connectivity index (χ1) is 14.6. The Morgan fingerprint density at radius 3 is 2.13 bits per heavy atom. The number of hydrogen-bond acceptors (Lipinski definition) is 3. The van der Waals surface area contributed by atoms with Gasteiger partial charge in [-0.2, -0.15) is 5.10 Å². The molecule has 3 aromatic carbocycles. The fraction of sp³-hybridized carbons (Fsp3) is 0. The maximum atomic E-state index is 13.0. The molecule has 0 bridgehead atoms. The Balaban J connectivity index is 1.47. The molecule has 30 heavy (non-hydrogen) atoms. The van der Waals surface area contributed by atoms with E-state index in [2.05, 4.69) is 20.8 Å². The van der Waals surface area contributed by atoms with Crippen LogP contribution < -0.4 is 10.6 Å². The van der Waals surface area contributed by atoms with E-state index in [1.165, 1.54) is 24.3 Å². The summed E-state index contributed by atoms with van der Waals surface area (Å²) >= 11 is 0. The second-order valence-electron chi connectivity index (χ2n) is 6.55. The molecule has 3 N–H and O–H groups in total. The standard InChI is InChI=1S/C23H17FN4O2/c24-18-9-7-15(8-10-18)22(29)26-20-6-2-4-17(14-20)23(30)27-19-5-1-3-16(13-19)21-11-12-25-28-21/h1-14H,(H,25,28)(H,26,29)(H,27,30). The van der Waals surface area contributed by atoms with Crippen molar-refractivity contribution in [1.29, 1.82) is 0 Å². The fourth-order valence-corrected chi connectivity index (χ4v) is 2.93. The van der Waals surface area contributed by atoms with Crippen LogP contribution in [0.4, 0.5) is 15.8 Å². The van der Waals surface area contributed by atoms with Crippen LogP contribution in [-0.4, -0.2) is 22.0 Å². The fourth-order valence-electron chi connectivity index (χ4n) is 2.93. The molecule has 0 aliphatic heterocycles. The molecule has 0 aliphatic rings. The minimum atomic E-state index is -0.415. The number of halogens is 1. The summed E-state index contributed by atoms with van der Waals surface area (Å²) in [5.41, 5.74) is 3.54. The smallest absolute Gasteiger partial charge is 0.255 e. The summed E-state index contributed by atoms with van der Waals surface area (Å²) in [6.45, 7) is 0. The summed E-state index contributed by atoms with van der Waals surface area (Å²) in [5, 5.41) is 12.4. The second kappa shape index (κ2) is 8.40. The summed E-state index contributed by atoms with van der Waals surface area (Å²) in [5.74, 6) is -1.11. The summed E-state index contributed by atoms with van der Waals surface area (Å²) in [7, 11) is 0. The van der Waals surface area contributed by atoms with Gasteiger partial charge in [-0.25, -0.2) is 4.39 Å². The molecular weight excluding hydrogens is 383 g/mol. The van der Waals surface area contributed by atoms with Gasteiger partial charge in [0.1, 0.15) is 5.82 Å². The van der Waals surface area contributed by atoms with Crippen molar-refractivity contribution in [2.75, 3.05) is 10.6 Å². The van der Waals surface area contributed by atoms with Crippen LogP contribution in [0.2, 0.25) is 0 Å². The molecule has 0 unspecified atom stereocenters. The summed E-state index contributed by atoms with van der Waals surface area (Å²) in [6.07, 6.45) is 1.66. The van der Waals surface area contributed by atoms with Gasteiger partial charge in [0.2, 0.25) is 0 Å². The lowest BCUT2D eigenvalue weighted by atomic mass is 10.1. The molecule has 0 aliphatic carbocycles. The van der Waals surface area contributed by atoms with Crippen LogP contribution in [0.15, 0.2) is 85.1 Å². The monoisotopic (exact) mass is 400 g/mol. The average Bonchev–Trinajstić information content (AvgIpc) is 3.30. The number of hydrogen-bond donors (Lipinski definition) is 3. The number of rotatable bonds is 5. The van der Waals surface area contributed by atoms with E-state index >= 15 is 0 Å². The minimum Gasteiger partial charge on any atom is -0.322 e. The number of aromatic amines is 1. The molecule has 4 rings (SSSR count). The van der Waals surface area contributed by atoms with E-state index in [0.717, 1.165) is 11.3 Å². The predicted molar refractivity (Wildman–Crippen MR) is 113 cm³/mol. The lowest BCUT2D eigenvalue weighted by Gasteiger charge is -2.09. The zero-order chi connectivity index (χ0) is 20.9. The average molecular weight is 400 g/mol. The highest BCUT2D eigenvalue weighted by molar-refractivity contribution is 6.07.